The molecule has 0 saturated carbocycles. The van der Waals surface area contributed by atoms with Crippen molar-refractivity contribution in [3.63, 3.8) is 0 Å². The molecular formula is C13H16ClNO5S. The maximum absolute atomic E-state index is 12.7. The lowest BCUT2D eigenvalue weighted by Crippen LogP contribution is -2.50. The summed E-state index contributed by atoms with van der Waals surface area (Å²) in [4.78, 5) is 10.8. The largest absolute Gasteiger partial charge is 0.478 e. The molecule has 6 nitrogen and oxygen atoms in total. The SMILES string of the molecule is CC1(C)CN(S(=O)(=O)c2cc(C(=O)O)ccc2Cl)CCO1. The van der Waals surface area contributed by atoms with Gasteiger partial charge in [0.05, 0.1) is 22.8 Å². The van der Waals surface area contributed by atoms with Crippen molar-refractivity contribution >= 4 is 27.6 Å². The highest BCUT2D eigenvalue weighted by atomic mass is 35.5. The minimum atomic E-state index is -3.86. The molecular weight excluding hydrogens is 318 g/mol. The van der Waals surface area contributed by atoms with Crippen molar-refractivity contribution in [1.29, 1.82) is 0 Å². The van der Waals surface area contributed by atoms with Gasteiger partial charge in [-0.2, -0.15) is 4.31 Å². The minimum Gasteiger partial charge on any atom is -0.478 e. The molecule has 1 aliphatic heterocycles. The molecule has 116 valence electrons. The Bertz CT molecular complexity index is 671. The summed E-state index contributed by atoms with van der Waals surface area (Å²) in [5.41, 5.74) is -0.715. The van der Waals surface area contributed by atoms with E-state index in [4.69, 9.17) is 21.4 Å². The molecule has 0 radical (unpaired) electrons. The molecule has 21 heavy (non-hydrogen) atoms. The van der Waals surface area contributed by atoms with Crippen LogP contribution in [-0.2, 0) is 14.8 Å². The second kappa shape index (κ2) is 5.57. The second-order valence-corrected chi connectivity index (χ2v) is 7.71. The molecule has 0 spiro atoms. The first kappa shape index (κ1) is 16.2. The van der Waals surface area contributed by atoms with Crippen LogP contribution >= 0.6 is 11.6 Å². The molecule has 0 unspecified atom stereocenters. The molecule has 1 aliphatic rings. The van der Waals surface area contributed by atoms with Crippen LogP contribution in [0.15, 0.2) is 23.1 Å². The fourth-order valence-electron chi connectivity index (χ4n) is 2.15. The number of sulfonamides is 1. The van der Waals surface area contributed by atoms with Crippen molar-refractivity contribution in [3.05, 3.63) is 28.8 Å². The van der Waals surface area contributed by atoms with E-state index in [1.165, 1.54) is 16.4 Å². The molecule has 1 N–H and O–H groups in total. The van der Waals surface area contributed by atoms with Gasteiger partial charge in [0.1, 0.15) is 4.90 Å². The highest BCUT2D eigenvalue weighted by Crippen LogP contribution is 2.29. The van der Waals surface area contributed by atoms with Crippen LogP contribution in [0.4, 0.5) is 0 Å². The van der Waals surface area contributed by atoms with Crippen molar-refractivity contribution in [2.75, 3.05) is 19.7 Å². The summed E-state index contributed by atoms with van der Waals surface area (Å²) < 4.78 is 32.1. The molecule has 1 aromatic rings. The van der Waals surface area contributed by atoms with Crippen LogP contribution in [-0.4, -0.2) is 49.1 Å². The summed E-state index contributed by atoms with van der Waals surface area (Å²) in [6.45, 7) is 4.26. The average Bonchev–Trinajstić information content (AvgIpc) is 2.37. The van der Waals surface area contributed by atoms with E-state index >= 15 is 0 Å². The maximum atomic E-state index is 12.7. The lowest BCUT2D eigenvalue weighted by atomic mass is 10.1. The Kier molecular flexibility index (Phi) is 4.30. The molecule has 1 fully saturated rings. The van der Waals surface area contributed by atoms with Gasteiger partial charge < -0.3 is 9.84 Å². The third-order valence-electron chi connectivity index (χ3n) is 3.19. The van der Waals surface area contributed by atoms with Crippen LogP contribution < -0.4 is 0 Å². The van der Waals surface area contributed by atoms with Crippen LogP contribution in [0.3, 0.4) is 0 Å². The summed E-state index contributed by atoms with van der Waals surface area (Å²) in [5.74, 6) is -1.20. The van der Waals surface area contributed by atoms with E-state index in [-0.39, 0.29) is 35.2 Å². The lowest BCUT2D eigenvalue weighted by Gasteiger charge is -2.37. The Morgan fingerprint density at radius 1 is 1.43 bits per heavy atom. The van der Waals surface area contributed by atoms with E-state index in [9.17, 15) is 13.2 Å². The van der Waals surface area contributed by atoms with Gasteiger partial charge in [0.15, 0.2) is 0 Å². The Balaban J connectivity index is 2.44. The summed E-state index contributed by atoms with van der Waals surface area (Å²) in [7, 11) is -3.86. The zero-order valence-electron chi connectivity index (χ0n) is 11.7. The number of carbonyl (C=O) groups is 1. The normalized spacial score (nSPS) is 19.4. The van der Waals surface area contributed by atoms with E-state index in [0.717, 1.165) is 6.07 Å². The van der Waals surface area contributed by atoms with E-state index in [1.54, 1.807) is 13.8 Å². The van der Waals surface area contributed by atoms with Gasteiger partial charge in [-0.1, -0.05) is 11.6 Å². The Morgan fingerprint density at radius 3 is 2.67 bits per heavy atom. The van der Waals surface area contributed by atoms with Gasteiger partial charge >= 0.3 is 5.97 Å². The number of carboxylic acid groups (broad SMARTS) is 1. The topological polar surface area (TPSA) is 83.9 Å². The van der Waals surface area contributed by atoms with Gasteiger partial charge in [-0.25, -0.2) is 13.2 Å². The first-order valence-corrected chi connectivity index (χ1v) is 8.12. The van der Waals surface area contributed by atoms with Crippen molar-refractivity contribution in [2.45, 2.75) is 24.3 Å². The number of nitrogens with zero attached hydrogens (tertiary/aromatic N) is 1. The van der Waals surface area contributed by atoms with Crippen LogP contribution in [0.5, 0.6) is 0 Å². The summed E-state index contributed by atoms with van der Waals surface area (Å²) in [6.07, 6.45) is 0. The third kappa shape index (κ3) is 3.37. The fourth-order valence-corrected chi connectivity index (χ4v) is 4.23. The molecule has 0 aliphatic carbocycles. The van der Waals surface area contributed by atoms with Crippen LogP contribution in [0.2, 0.25) is 5.02 Å². The first-order valence-electron chi connectivity index (χ1n) is 6.30. The van der Waals surface area contributed by atoms with Crippen molar-refractivity contribution < 1.29 is 23.1 Å². The average molecular weight is 334 g/mol. The Hall–Kier alpha value is -1.15. The first-order chi connectivity index (χ1) is 9.63. The minimum absolute atomic E-state index is 0.00398. The molecule has 1 saturated heterocycles. The van der Waals surface area contributed by atoms with Crippen molar-refractivity contribution in [1.82, 2.24) is 4.31 Å². The van der Waals surface area contributed by atoms with Crippen LogP contribution in [0.1, 0.15) is 24.2 Å². The second-order valence-electron chi connectivity index (χ2n) is 5.40. The number of rotatable bonds is 3. The monoisotopic (exact) mass is 333 g/mol. The van der Waals surface area contributed by atoms with Crippen LogP contribution in [0, 0.1) is 0 Å². The number of halogens is 1. The lowest BCUT2D eigenvalue weighted by molar-refractivity contribution is -0.0640. The predicted molar refractivity (Wildman–Crippen MR) is 77.2 cm³/mol. The fraction of sp³-hybridized carbons (Fsp3) is 0.462. The van der Waals surface area contributed by atoms with E-state index in [0.29, 0.717) is 0 Å². The van der Waals surface area contributed by atoms with Gasteiger partial charge in [0.2, 0.25) is 10.0 Å². The van der Waals surface area contributed by atoms with Gasteiger partial charge in [-0.3, -0.25) is 0 Å². The van der Waals surface area contributed by atoms with Crippen molar-refractivity contribution in [3.8, 4) is 0 Å². The number of morpholine rings is 1. The molecule has 2 rings (SSSR count). The molecule has 1 heterocycles. The Morgan fingerprint density at radius 2 is 2.10 bits per heavy atom. The zero-order valence-corrected chi connectivity index (χ0v) is 13.2. The summed E-state index contributed by atoms with van der Waals surface area (Å²) in [5, 5.41) is 8.99. The summed E-state index contributed by atoms with van der Waals surface area (Å²) in [6, 6.07) is 3.64. The number of aromatic carboxylic acids is 1. The van der Waals surface area contributed by atoms with Gasteiger partial charge in [0, 0.05) is 13.1 Å². The molecule has 0 bridgehead atoms. The molecule has 0 atom stereocenters. The number of hydrogen-bond donors (Lipinski definition) is 1. The zero-order chi connectivity index (χ0) is 15.8. The molecule has 1 aromatic carbocycles. The number of ether oxygens (including phenoxy) is 1. The smallest absolute Gasteiger partial charge is 0.335 e. The predicted octanol–water partition coefficient (Wildman–Crippen LogP) is 1.84. The van der Waals surface area contributed by atoms with Gasteiger partial charge in [-0.05, 0) is 32.0 Å². The van der Waals surface area contributed by atoms with Crippen LogP contribution in [0.25, 0.3) is 0 Å². The van der Waals surface area contributed by atoms with Gasteiger partial charge in [-0.15, -0.1) is 0 Å². The number of benzene rings is 1. The highest BCUT2D eigenvalue weighted by Gasteiger charge is 2.36. The molecule has 0 aromatic heterocycles. The number of carboxylic acids is 1. The molecule has 8 heteroatoms. The number of hydrogen-bond acceptors (Lipinski definition) is 4. The highest BCUT2D eigenvalue weighted by molar-refractivity contribution is 7.89. The maximum Gasteiger partial charge on any atom is 0.335 e. The van der Waals surface area contributed by atoms with E-state index in [2.05, 4.69) is 0 Å². The van der Waals surface area contributed by atoms with E-state index in [1.807, 2.05) is 0 Å². The van der Waals surface area contributed by atoms with E-state index < -0.39 is 21.6 Å². The summed E-state index contributed by atoms with van der Waals surface area (Å²) >= 11 is 5.95. The third-order valence-corrected chi connectivity index (χ3v) is 5.51. The molecule has 0 amide bonds. The standard InChI is InChI=1S/C13H16ClNO5S/c1-13(2)8-15(5-6-20-13)21(18,19)11-7-9(12(16)17)3-4-10(11)14/h3-4,7H,5-6,8H2,1-2H3,(H,16,17). The van der Waals surface area contributed by atoms with Crippen molar-refractivity contribution in [2.24, 2.45) is 0 Å². The quantitative estimate of drug-likeness (QED) is 0.912. The Labute approximate surface area is 128 Å². The van der Waals surface area contributed by atoms with Gasteiger partial charge in [0.25, 0.3) is 0 Å².